The SMILES string of the molecule is COc1cc(Cl)ccc1C(=O)N1CCc2c(cccc2[C@H](CC(=O)O)c2cc(OC)c3c(c2)nnn3C)C1. The first-order valence-electron chi connectivity index (χ1n) is 12.1. The van der Waals surface area contributed by atoms with E-state index in [-0.39, 0.29) is 12.3 Å². The molecule has 196 valence electrons. The molecular formula is C28H27ClN4O5. The molecule has 38 heavy (non-hydrogen) atoms. The molecule has 0 aliphatic carbocycles. The Bertz CT molecular complexity index is 1550. The van der Waals surface area contributed by atoms with Crippen molar-refractivity contribution in [2.45, 2.75) is 25.3 Å². The van der Waals surface area contributed by atoms with Gasteiger partial charge in [0.2, 0.25) is 0 Å². The molecular weight excluding hydrogens is 508 g/mol. The van der Waals surface area contributed by atoms with Gasteiger partial charge < -0.3 is 19.5 Å². The van der Waals surface area contributed by atoms with Crippen LogP contribution in [0.1, 0.15) is 45.0 Å². The van der Waals surface area contributed by atoms with Crippen molar-refractivity contribution in [3.05, 3.63) is 81.4 Å². The van der Waals surface area contributed by atoms with E-state index < -0.39 is 11.9 Å². The van der Waals surface area contributed by atoms with E-state index in [0.717, 1.165) is 27.8 Å². The largest absolute Gasteiger partial charge is 0.496 e. The number of nitrogens with zero attached hydrogens (tertiary/aromatic N) is 4. The van der Waals surface area contributed by atoms with Gasteiger partial charge >= 0.3 is 5.97 Å². The second-order valence-electron chi connectivity index (χ2n) is 9.26. The topological polar surface area (TPSA) is 107 Å². The van der Waals surface area contributed by atoms with E-state index >= 15 is 0 Å². The van der Waals surface area contributed by atoms with E-state index in [1.165, 1.54) is 7.11 Å². The summed E-state index contributed by atoms with van der Waals surface area (Å²) in [6.45, 7) is 0.890. The third kappa shape index (κ3) is 4.65. The predicted octanol–water partition coefficient (Wildman–Crippen LogP) is 4.44. The molecule has 2 heterocycles. The first-order chi connectivity index (χ1) is 18.3. The zero-order valence-electron chi connectivity index (χ0n) is 21.3. The van der Waals surface area contributed by atoms with E-state index in [1.54, 1.807) is 41.9 Å². The number of halogens is 1. The summed E-state index contributed by atoms with van der Waals surface area (Å²) in [4.78, 5) is 27.1. The van der Waals surface area contributed by atoms with Crippen LogP contribution >= 0.6 is 11.6 Å². The number of benzene rings is 3. The van der Waals surface area contributed by atoms with Crippen molar-refractivity contribution in [2.75, 3.05) is 20.8 Å². The smallest absolute Gasteiger partial charge is 0.304 e. The number of hydrogen-bond acceptors (Lipinski definition) is 6. The lowest BCUT2D eigenvalue weighted by atomic mass is 9.82. The summed E-state index contributed by atoms with van der Waals surface area (Å²) >= 11 is 6.08. The van der Waals surface area contributed by atoms with Crippen LogP contribution in [-0.4, -0.2) is 57.6 Å². The number of aromatic nitrogens is 3. The second-order valence-corrected chi connectivity index (χ2v) is 9.70. The number of fused-ring (bicyclic) bond motifs is 2. The number of ether oxygens (including phenoxy) is 2. The molecule has 1 aromatic heterocycles. The monoisotopic (exact) mass is 534 g/mol. The molecule has 0 spiro atoms. The molecule has 5 rings (SSSR count). The number of carbonyl (C=O) groups excluding carboxylic acids is 1. The summed E-state index contributed by atoms with van der Waals surface area (Å²) in [5.41, 5.74) is 5.58. The van der Waals surface area contributed by atoms with Crippen LogP contribution in [-0.2, 0) is 24.8 Å². The molecule has 0 bridgehead atoms. The van der Waals surface area contributed by atoms with Gasteiger partial charge in [0.15, 0.2) is 0 Å². The lowest BCUT2D eigenvalue weighted by Gasteiger charge is -2.32. The lowest BCUT2D eigenvalue weighted by Crippen LogP contribution is -2.36. The van der Waals surface area contributed by atoms with Gasteiger partial charge in [-0.3, -0.25) is 9.59 Å². The van der Waals surface area contributed by atoms with Crippen LogP contribution in [0.4, 0.5) is 0 Å². The number of rotatable bonds is 7. The molecule has 4 aromatic rings. The highest BCUT2D eigenvalue weighted by atomic mass is 35.5. The molecule has 0 fully saturated rings. The Kier molecular flexibility index (Phi) is 6.94. The molecule has 9 nitrogen and oxygen atoms in total. The molecule has 1 atom stereocenters. The van der Waals surface area contributed by atoms with Gasteiger partial charge in [-0.05, 0) is 59.0 Å². The maximum absolute atomic E-state index is 13.4. The average molecular weight is 535 g/mol. The van der Waals surface area contributed by atoms with E-state index in [0.29, 0.717) is 47.1 Å². The average Bonchev–Trinajstić information content (AvgIpc) is 3.30. The number of methoxy groups -OCH3 is 2. The Labute approximate surface area is 224 Å². The van der Waals surface area contributed by atoms with Crippen molar-refractivity contribution in [1.29, 1.82) is 0 Å². The summed E-state index contributed by atoms with van der Waals surface area (Å²) in [5.74, 6) is -0.472. The van der Waals surface area contributed by atoms with Crippen LogP contribution in [0.15, 0.2) is 48.5 Å². The Morgan fingerprint density at radius 2 is 1.89 bits per heavy atom. The highest BCUT2D eigenvalue weighted by Gasteiger charge is 2.29. The number of carbonyl (C=O) groups is 2. The fourth-order valence-electron chi connectivity index (χ4n) is 5.26. The van der Waals surface area contributed by atoms with Crippen LogP contribution in [0.25, 0.3) is 11.0 Å². The third-order valence-electron chi connectivity index (χ3n) is 7.05. The van der Waals surface area contributed by atoms with E-state index in [2.05, 4.69) is 10.3 Å². The Morgan fingerprint density at radius 3 is 2.63 bits per heavy atom. The van der Waals surface area contributed by atoms with Gasteiger partial charge in [-0.2, -0.15) is 0 Å². The van der Waals surface area contributed by atoms with Gasteiger partial charge in [-0.25, -0.2) is 4.68 Å². The maximum Gasteiger partial charge on any atom is 0.304 e. The van der Waals surface area contributed by atoms with Crippen LogP contribution in [0.3, 0.4) is 0 Å². The van der Waals surface area contributed by atoms with Crippen LogP contribution in [0.2, 0.25) is 5.02 Å². The second kappa shape index (κ2) is 10.3. The number of carboxylic acid groups (broad SMARTS) is 1. The van der Waals surface area contributed by atoms with Gasteiger partial charge in [-0.1, -0.05) is 35.0 Å². The van der Waals surface area contributed by atoms with E-state index in [4.69, 9.17) is 21.1 Å². The van der Waals surface area contributed by atoms with Gasteiger partial charge in [0.25, 0.3) is 5.91 Å². The summed E-state index contributed by atoms with van der Waals surface area (Å²) in [7, 11) is 4.87. The first-order valence-corrected chi connectivity index (χ1v) is 12.5. The van der Waals surface area contributed by atoms with Crippen molar-refractivity contribution in [2.24, 2.45) is 7.05 Å². The number of amides is 1. The van der Waals surface area contributed by atoms with Gasteiger partial charge in [0.1, 0.15) is 22.5 Å². The van der Waals surface area contributed by atoms with Crippen LogP contribution in [0, 0.1) is 0 Å². The number of aryl methyl sites for hydroxylation is 1. The molecule has 1 amide bonds. The van der Waals surface area contributed by atoms with Crippen molar-refractivity contribution in [3.63, 3.8) is 0 Å². The molecule has 0 saturated heterocycles. The molecule has 1 aliphatic heterocycles. The number of carboxylic acids is 1. The van der Waals surface area contributed by atoms with E-state index in [9.17, 15) is 14.7 Å². The van der Waals surface area contributed by atoms with Crippen molar-refractivity contribution >= 4 is 34.5 Å². The van der Waals surface area contributed by atoms with Gasteiger partial charge in [0.05, 0.1) is 26.2 Å². The first kappa shape index (κ1) is 25.5. The van der Waals surface area contributed by atoms with Gasteiger partial charge in [0, 0.05) is 31.1 Å². The predicted molar refractivity (Wildman–Crippen MR) is 142 cm³/mol. The van der Waals surface area contributed by atoms with Crippen molar-refractivity contribution < 1.29 is 24.2 Å². The summed E-state index contributed by atoms with van der Waals surface area (Å²) in [6.07, 6.45) is 0.490. The Morgan fingerprint density at radius 1 is 1.11 bits per heavy atom. The molecule has 1 aliphatic rings. The minimum absolute atomic E-state index is 0.101. The Balaban J connectivity index is 1.52. The van der Waals surface area contributed by atoms with Crippen molar-refractivity contribution in [1.82, 2.24) is 19.9 Å². The lowest BCUT2D eigenvalue weighted by molar-refractivity contribution is -0.137. The minimum Gasteiger partial charge on any atom is -0.496 e. The minimum atomic E-state index is -0.909. The number of aliphatic carboxylic acids is 1. The zero-order chi connectivity index (χ0) is 27.0. The fraction of sp³-hybridized carbons (Fsp3) is 0.286. The third-order valence-corrected chi connectivity index (χ3v) is 7.28. The quantitative estimate of drug-likeness (QED) is 0.373. The normalized spacial score (nSPS) is 13.7. The van der Waals surface area contributed by atoms with Crippen molar-refractivity contribution in [3.8, 4) is 11.5 Å². The standard InChI is InChI=1S/C28H27ClN4O5/c1-32-27-23(30-31-32)11-17(12-25(27)38-3)22(14-26(34)35)20-6-4-5-16-15-33(10-9-19(16)20)28(36)21-8-7-18(29)13-24(21)37-2/h4-8,11-13,22H,9-10,14-15H2,1-3H3,(H,34,35)/t22-/m1/s1. The zero-order valence-corrected chi connectivity index (χ0v) is 22.0. The highest BCUT2D eigenvalue weighted by Crippen LogP contribution is 2.38. The van der Waals surface area contributed by atoms with Crippen LogP contribution < -0.4 is 9.47 Å². The molecule has 3 aromatic carbocycles. The molecule has 1 N–H and O–H groups in total. The maximum atomic E-state index is 13.4. The fourth-order valence-corrected chi connectivity index (χ4v) is 5.43. The highest BCUT2D eigenvalue weighted by molar-refractivity contribution is 6.30. The summed E-state index contributed by atoms with van der Waals surface area (Å²) in [5, 5.41) is 18.6. The Hall–Kier alpha value is -4.11. The molecule has 0 unspecified atom stereocenters. The molecule has 0 radical (unpaired) electrons. The summed E-state index contributed by atoms with van der Waals surface area (Å²) < 4.78 is 12.6. The van der Waals surface area contributed by atoms with Crippen LogP contribution in [0.5, 0.6) is 11.5 Å². The molecule has 0 saturated carbocycles. The van der Waals surface area contributed by atoms with Gasteiger partial charge in [-0.15, -0.1) is 5.10 Å². The van der Waals surface area contributed by atoms with E-state index in [1.807, 2.05) is 30.3 Å². The number of hydrogen-bond donors (Lipinski definition) is 1. The summed E-state index contributed by atoms with van der Waals surface area (Å²) in [6, 6.07) is 14.6. The molecule has 10 heteroatoms.